The van der Waals surface area contributed by atoms with E-state index in [1.807, 2.05) is 0 Å². The zero-order chi connectivity index (χ0) is 12.4. The van der Waals surface area contributed by atoms with Crippen LogP contribution in [0.4, 0.5) is 8.78 Å². The van der Waals surface area contributed by atoms with Crippen molar-refractivity contribution in [1.29, 1.82) is 0 Å². The zero-order valence-corrected chi connectivity index (χ0v) is 9.23. The quantitative estimate of drug-likeness (QED) is 0.892. The molecule has 0 bridgehead atoms. The van der Waals surface area contributed by atoms with Crippen molar-refractivity contribution in [3.05, 3.63) is 41.7 Å². The number of alkyl halides is 2. The first-order chi connectivity index (χ1) is 8.08. The largest absolute Gasteiger partial charge is 0.359 e. The molecule has 1 aromatic heterocycles. The van der Waals surface area contributed by atoms with Gasteiger partial charge in [-0.05, 0) is 13.0 Å². The lowest BCUT2D eigenvalue weighted by Crippen LogP contribution is -2.02. The second kappa shape index (κ2) is 4.63. The second-order valence-electron chi connectivity index (χ2n) is 3.83. The molecular formula is C12H12F2N2O. The molecule has 0 spiro atoms. The first-order valence-electron chi connectivity index (χ1n) is 5.18. The van der Waals surface area contributed by atoms with Crippen LogP contribution in [0.25, 0.3) is 11.3 Å². The standard InChI is InChI=1S/C12H12F2N2O/c1-7(15)11-6-10(16-17-11)8-3-2-4-9(5-8)12(13)14/h2-7,12H,15H2,1H3. The minimum Gasteiger partial charge on any atom is -0.359 e. The van der Waals surface area contributed by atoms with Gasteiger partial charge in [-0.1, -0.05) is 23.4 Å². The van der Waals surface area contributed by atoms with E-state index in [1.54, 1.807) is 25.1 Å². The Morgan fingerprint density at radius 3 is 2.65 bits per heavy atom. The van der Waals surface area contributed by atoms with Crippen LogP contribution in [0, 0.1) is 0 Å². The van der Waals surface area contributed by atoms with E-state index in [1.165, 1.54) is 12.1 Å². The second-order valence-corrected chi connectivity index (χ2v) is 3.83. The summed E-state index contributed by atoms with van der Waals surface area (Å²) in [4.78, 5) is 0. The summed E-state index contributed by atoms with van der Waals surface area (Å²) in [5.41, 5.74) is 6.70. The molecule has 0 saturated heterocycles. The Bertz CT molecular complexity index is 509. The number of rotatable bonds is 3. The molecule has 0 fully saturated rings. The molecule has 17 heavy (non-hydrogen) atoms. The molecule has 3 nitrogen and oxygen atoms in total. The lowest BCUT2D eigenvalue weighted by molar-refractivity contribution is 0.151. The van der Waals surface area contributed by atoms with Crippen molar-refractivity contribution < 1.29 is 13.3 Å². The third-order valence-corrected chi connectivity index (χ3v) is 2.41. The molecule has 0 aliphatic carbocycles. The average molecular weight is 238 g/mol. The van der Waals surface area contributed by atoms with Crippen molar-refractivity contribution in [3.8, 4) is 11.3 Å². The Morgan fingerprint density at radius 2 is 2.06 bits per heavy atom. The highest BCUT2D eigenvalue weighted by Crippen LogP contribution is 2.26. The van der Waals surface area contributed by atoms with Crippen molar-refractivity contribution in [3.63, 3.8) is 0 Å². The van der Waals surface area contributed by atoms with Crippen molar-refractivity contribution >= 4 is 0 Å². The topological polar surface area (TPSA) is 52.0 Å². The van der Waals surface area contributed by atoms with Crippen LogP contribution in [-0.4, -0.2) is 5.16 Å². The van der Waals surface area contributed by atoms with E-state index in [4.69, 9.17) is 10.3 Å². The van der Waals surface area contributed by atoms with Crippen molar-refractivity contribution in [2.75, 3.05) is 0 Å². The first-order valence-corrected chi connectivity index (χ1v) is 5.18. The van der Waals surface area contributed by atoms with Gasteiger partial charge < -0.3 is 10.3 Å². The van der Waals surface area contributed by atoms with Gasteiger partial charge in [-0.2, -0.15) is 0 Å². The number of aromatic nitrogens is 1. The molecule has 0 radical (unpaired) electrons. The minimum absolute atomic E-state index is 0.0344. The molecule has 5 heteroatoms. The summed E-state index contributed by atoms with van der Waals surface area (Å²) in [5, 5.41) is 3.81. The van der Waals surface area contributed by atoms with E-state index in [-0.39, 0.29) is 11.6 Å². The molecule has 0 aliphatic heterocycles. The normalized spacial score (nSPS) is 13.0. The number of halogens is 2. The molecular weight excluding hydrogens is 226 g/mol. The Morgan fingerprint density at radius 1 is 1.29 bits per heavy atom. The summed E-state index contributed by atoms with van der Waals surface area (Å²) >= 11 is 0. The van der Waals surface area contributed by atoms with Crippen LogP contribution >= 0.6 is 0 Å². The number of hydrogen-bond acceptors (Lipinski definition) is 3. The number of nitrogens with zero attached hydrogens (tertiary/aromatic N) is 1. The number of nitrogens with two attached hydrogens (primary N) is 1. The molecule has 90 valence electrons. The predicted molar refractivity (Wildman–Crippen MR) is 59.5 cm³/mol. The maximum absolute atomic E-state index is 12.5. The van der Waals surface area contributed by atoms with Gasteiger partial charge in [0.25, 0.3) is 6.43 Å². The highest BCUT2D eigenvalue weighted by molar-refractivity contribution is 5.60. The highest BCUT2D eigenvalue weighted by Gasteiger charge is 2.12. The minimum atomic E-state index is -2.49. The lowest BCUT2D eigenvalue weighted by atomic mass is 10.1. The molecule has 2 aromatic rings. The summed E-state index contributed by atoms with van der Waals surface area (Å²) in [6.07, 6.45) is -2.49. The van der Waals surface area contributed by atoms with Crippen molar-refractivity contribution in [2.45, 2.75) is 19.4 Å². The van der Waals surface area contributed by atoms with Gasteiger partial charge in [0, 0.05) is 17.2 Å². The van der Waals surface area contributed by atoms with Crippen LogP contribution < -0.4 is 5.73 Å². The molecule has 1 unspecified atom stereocenters. The Kier molecular flexibility index (Phi) is 3.19. The maximum Gasteiger partial charge on any atom is 0.263 e. The molecule has 2 N–H and O–H groups in total. The van der Waals surface area contributed by atoms with E-state index in [9.17, 15) is 8.78 Å². The van der Waals surface area contributed by atoms with Crippen LogP contribution in [0.5, 0.6) is 0 Å². The number of benzene rings is 1. The fourth-order valence-electron chi connectivity index (χ4n) is 1.47. The highest BCUT2D eigenvalue weighted by atomic mass is 19.3. The summed E-state index contributed by atoms with van der Waals surface area (Å²) in [6.45, 7) is 1.76. The molecule has 2 rings (SSSR count). The summed E-state index contributed by atoms with van der Waals surface area (Å²) < 4.78 is 30.1. The Labute approximate surface area is 97.2 Å². The molecule has 1 aromatic carbocycles. The van der Waals surface area contributed by atoms with Gasteiger partial charge >= 0.3 is 0 Å². The molecule has 0 amide bonds. The maximum atomic E-state index is 12.5. The van der Waals surface area contributed by atoms with Crippen molar-refractivity contribution in [2.24, 2.45) is 5.73 Å². The smallest absolute Gasteiger partial charge is 0.263 e. The van der Waals surface area contributed by atoms with Crippen LogP contribution in [0.15, 0.2) is 34.9 Å². The van der Waals surface area contributed by atoms with Gasteiger partial charge in [0.15, 0.2) is 5.76 Å². The van der Waals surface area contributed by atoms with E-state index in [2.05, 4.69) is 5.16 Å². The van der Waals surface area contributed by atoms with Gasteiger partial charge in [-0.15, -0.1) is 0 Å². The van der Waals surface area contributed by atoms with E-state index in [0.717, 1.165) is 0 Å². The van der Waals surface area contributed by atoms with Gasteiger partial charge in [0.1, 0.15) is 5.69 Å². The zero-order valence-electron chi connectivity index (χ0n) is 9.23. The van der Waals surface area contributed by atoms with E-state index < -0.39 is 6.43 Å². The molecule has 1 atom stereocenters. The third kappa shape index (κ3) is 2.50. The van der Waals surface area contributed by atoms with E-state index in [0.29, 0.717) is 17.0 Å². The lowest BCUT2D eigenvalue weighted by Gasteiger charge is -2.01. The van der Waals surface area contributed by atoms with Gasteiger partial charge in [-0.3, -0.25) is 0 Å². The number of hydrogen-bond donors (Lipinski definition) is 1. The van der Waals surface area contributed by atoms with Gasteiger partial charge in [0.05, 0.1) is 6.04 Å². The monoisotopic (exact) mass is 238 g/mol. The van der Waals surface area contributed by atoms with Crippen LogP contribution in [0.1, 0.15) is 30.7 Å². The van der Waals surface area contributed by atoms with E-state index >= 15 is 0 Å². The average Bonchev–Trinajstić information content (AvgIpc) is 2.78. The third-order valence-electron chi connectivity index (χ3n) is 2.41. The summed E-state index contributed by atoms with van der Waals surface area (Å²) in [5.74, 6) is 0.530. The van der Waals surface area contributed by atoms with Gasteiger partial charge in [-0.25, -0.2) is 8.78 Å². The molecule has 0 saturated carbocycles. The molecule has 0 aliphatic rings. The summed E-state index contributed by atoms with van der Waals surface area (Å²) in [7, 11) is 0. The summed E-state index contributed by atoms with van der Waals surface area (Å²) in [6, 6.07) is 7.43. The van der Waals surface area contributed by atoms with Crippen LogP contribution in [0.2, 0.25) is 0 Å². The SMILES string of the molecule is CC(N)c1cc(-c2cccc(C(F)F)c2)no1. The first kappa shape index (κ1) is 11.7. The van der Waals surface area contributed by atoms with Crippen LogP contribution in [-0.2, 0) is 0 Å². The van der Waals surface area contributed by atoms with Crippen LogP contribution in [0.3, 0.4) is 0 Å². The Hall–Kier alpha value is -1.75. The fourth-order valence-corrected chi connectivity index (χ4v) is 1.47. The molecule has 1 heterocycles. The fraction of sp³-hybridized carbons (Fsp3) is 0.250. The van der Waals surface area contributed by atoms with Crippen molar-refractivity contribution in [1.82, 2.24) is 5.16 Å². The predicted octanol–water partition coefficient (Wildman–Crippen LogP) is 3.30. The van der Waals surface area contributed by atoms with Gasteiger partial charge in [0.2, 0.25) is 0 Å². The Balaban J connectivity index is 2.35.